The highest BCUT2D eigenvalue weighted by Crippen LogP contribution is 2.27. The van der Waals surface area contributed by atoms with E-state index < -0.39 is 0 Å². The van der Waals surface area contributed by atoms with Crippen LogP contribution >= 0.6 is 0 Å². The molecule has 0 aromatic heterocycles. The summed E-state index contributed by atoms with van der Waals surface area (Å²) in [4.78, 5) is 11.2. The number of carbonyl (C=O) groups is 1. The summed E-state index contributed by atoms with van der Waals surface area (Å²) in [6, 6.07) is 8.32. The second-order valence-electron chi connectivity index (χ2n) is 4.82. The average Bonchev–Trinajstić information content (AvgIpc) is 2.39. The summed E-state index contributed by atoms with van der Waals surface area (Å²) in [6.45, 7) is 4.03. The van der Waals surface area contributed by atoms with Crippen LogP contribution in [0.3, 0.4) is 0 Å². The van der Waals surface area contributed by atoms with Crippen molar-refractivity contribution in [3.63, 3.8) is 0 Å². The molecule has 1 amide bonds. The lowest BCUT2D eigenvalue weighted by atomic mass is 9.87. The van der Waals surface area contributed by atoms with E-state index in [1.807, 2.05) is 19.1 Å². The van der Waals surface area contributed by atoms with Crippen molar-refractivity contribution in [1.82, 2.24) is 5.32 Å². The van der Waals surface area contributed by atoms with E-state index in [0.29, 0.717) is 5.92 Å². The second-order valence-corrected chi connectivity index (χ2v) is 4.82. The molecule has 1 atom stereocenters. The predicted molar refractivity (Wildman–Crippen MR) is 68.9 cm³/mol. The summed E-state index contributed by atoms with van der Waals surface area (Å²) in [5.74, 6) is 0.167. The van der Waals surface area contributed by atoms with Crippen LogP contribution in [-0.2, 0) is 4.79 Å². The van der Waals surface area contributed by atoms with Crippen LogP contribution in [-0.4, -0.2) is 19.0 Å². The van der Waals surface area contributed by atoms with Gasteiger partial charge in [0, 0.05) is 0 Å². The van der Waals surface area contributed by atoms with E-state index in [1.165, 1.54) is 18.4 Å². The maximum Gasteiger partial charge on any atom is 0.224 e. The minimum absolute atomic E-state index is 0.198. The summed E-state index contributed by atoms with van der Waals surface area (Å²) in [5.41, 5.74) is 7.73. The molecule has 17 heavy (non-hydrogen) atoms. The van der Waals surface area contributed by atoms with Gasteiger partial charge in [0.2, 0.25) is 5.91 Å². The van der Waals surface area contributed by atoms with Gasteiger partial charge >= 0.3 is 0 Å². The fourth-order valence-electron chi connectivity index (χ4n) is 2.40. The van der Waals surface area contributed by atoms with Gasteiger partial charge in [-0.3, -0.25) is 4.79 Å². The first-order valence-corrected chi connectivity index (χ1v) is 6.28. The summed E-state index contributed by atoms with van der Waals surface area (Å²) >= 11 is 0. The first-order valence-electron chi connectivity index (χ1n) is 6.28. The molecule has 92 valence electrons. The molecule has 1 aliphatic rings. The second kappa shape index (κ2) is 5.32. The SMILES string of the molecule is CC(C(N)=O)c1cccc(C2CCNCC2)c1. The van der Waals surface area contributed by atoms with E-state index in [4.69, 9.17) is 5.73 Å². The molecule has 1 heterocycles. The Hall–Kier alpha value is -1.35. The maximum absolute atomic E-state index is 11.2. The molecule has 3 nitrogen and oxygen atoms in total. The van der Waals surface area contributed by atoms with Crippen LogP contribution in [0.5, 0.6) is 0 Å². The Balaban J connectivity index is 2.18. The Morgan fingerprint density at radius 2 is 2.12 bits per heavy atom. The van der Waals surface area contributed by atoms with E-state index in [2.05, 4.69) is 17.4 Å². The molecule has 1 aromatic rings. The van der Waals surface area contributed by atoms with Gasteiger partial charge in [-0.15, -0.1) is 0 Å². The molecule has 0 aliphatic carbocycles. The lowest BCUT2D eigenvalue weighted by Gasteiger charge is -2.23. The van der Waals surface area contributed by atoms with Gasteiger partial charge in [-0.2, -0.15) is 0 Å². The molecular formula is C14H20N2O. The summed E-state index contributed by atoms with van der Waals surface area (Å²) in [5, 5.41) is 3.37. The number of piperidine rings is 1. The van der Waals surface area contributed by atoms with E-state index >= 15 is 0 Å². The minimum atomic E-state index is -0.257. The normalized spacial score (nSPS) is 18.9. The van der Waals surface area contributed by atoms with Crippen LogP contribution in [0.2, 0.25) is 0 Å². The number of carbonyl (C=O) groups excluding carboxylic acids is 1. The fraction of sp³-hybridized carbons (Fsp3) is 0.500. The average molecular weight is 232 g/mol. The Morgan fingerprint density at radius 3 is 2.76 bits per heavy atom. The zero-order chi connectivity index (χ0) is 12.3. The summed E-state index contributed by atoms with van der Waals surface area (Å²) < 4.78 is 0. The van der Waals surface area contributed by atoms with E-state index in [0.717, 1.165) is 18.7 Å². The van der Waals surface area contributed by atoms with Gasteiger partial charge in [-0.05, 0) is 49.9 Å². The van der Waals surface area contributed by atoms with Gasteiger partial charge in [-0.25, -0.2) is 0 Å². The Morgan fingerprint density at radius 1 is 1.41 bits per heavy atom. The molecule has 1 fully saturated rings. The molecule has 1 aliphatic heterocycles. The van der Waals surface area contributed by atoms with Crippen LogP contribution in [0, 0.1) is 0 Å². The third kappa shape index (κ3) is 2.86. The number of amides is 1. The number of nitrogens with two attached hydrogens (primary N) is 1. The monoisotopic (exact) mass is 232 g/mol. The van der Waals surface area contributed by atoms with Gasteiger partial charge in [0.05, 0.1) is 5.92 Å². The van der Waals surface area contributed by atoms with Crippen LogP contribution in [0.25, 0.3) is 0 Å². The third-order valence-corrected chi connectivity index (χ3v) is 3.65. The topological polar surface area (TPSA) is 55.1 Å². The van der Waals surface area contributed by atoms with Crippen LogP contribution in [0.4, 0.5) is 0 Å². The number of rotatable bonds is 3. The quantitative estimate of drug-likeness (QED) is 0.834. The van der Waals surface area contributed by atoms with Crippen LogP contribution < -0.4 is 11.1 Å². The van der Waals surface area contributed by atoms with Crippen molar-refractivity contribution in [3.8, 4) is 0 Å². The van der Waals surface area contributed by atoms with Gasteiger partial charge in [-0.1, -0.05) is 24.3 Å². The number of hydrogen-bond acceptors (Lipinski definition) is 2. The lowest BCUT2D eigenvalue weighted by molar-refractivity contribution is -0.119. The zero-order valence-electron chi connectivity index (χ0n) is 10.3. The maximum atomic E-state index is 11.2. The molecule has 1 saturated heterocycles. The number of hydrogen-bond donors (Lipinski definition) is 2. The molecule has 0 saturated carbocycles. The molecular weight excluding hydrogens is 212 g/mol. The Labute approximate surface area is 102 Å². The Kier molecular flexibility index (Phi) is 3.79. The standard InChI is InChI=1S/C14H20N2O/c1-10(14(15)17)12-3-2-4-13(9-12)11-5-7-16-8-6-11/h2-4,9-11,16H,5-8H2,1H3,(H2,15,17). The van der Waals surface area contributed by atoms with Crippen LogP contribution in [0.1, 0.15) is 42.7 Å². The summed E-state index contributed by atoms with van der Waals surface area (Å²) in [6.07, 6.45) is 2.35. The minimum Gasteiger partial charge on any atom is -0.369 e. The van der Waals surface area contributed by atoms with E-state index in [1.54, 1.807) is 0 Å². The number of benzene rings is 1. The van der Waals surface area contributed by atoms with Gasteiger partial charge in [0.25, 0.3) is 0 Å². The van der Waals surface area contributed by atoms with Crippen molar-refractivity contribution in [2.24, 2.45) is 5.73 Å². The van der Waals surface area contributed by atoms with Crippen molar-refractivity contribution in [2.75, 3.05) is 13.1 Å². The summed E-state index contributed by atoms with van der Waals surface area (Å²) in [7, 11) is 0. The van der Waals surface area contributed by atoms with Gasteiger partial charge in [0.15, 0.2) is 0 Å². The lowest BCUT2D eigenvalue weighted by Crippen LogP contribution is -2.26. The highest BCUT2D eigenvalue weighted by Gasteiger charge is 2.17. The first-order chi connectivity index (χ1) is 8.18. The number of primary amides is 1. The molecule has 3 heteroatoms. The predicted octanol–water partition coefficient (Wildman–Crippen LogP) is 1.74. The third-order valence-electron chi connectivity index (χ3n) is 3.65. The molecule has 3 N–H and O–H groups in total. The first kappa shape index (κ1) is 12.1. The molecule has 1 aromatic carbocycles. The smallest absolute Gasteiger partial charge is 0.224 e. The van der Waals surface area contributed by atoms with Crippen molar-refractivity contribution in [2.45, 2.75) is 31.6 Å². The van der Waals surface area contributed by atoms with E-state index in [9.17, 15) is 4.79 Å². The van der Waals surface area contributed by atoms with Crippen molar-refractivity contribution >= 4 is 5.91 Å². The highest BCUT2D eigenvalue weighted by molar-refractivity contribution is 5.81. The van der Waals surface area contributed by atoms with Crippen molar-refractivity contribution in [1.29, 1.82) is 0 Å². The number of nitrogens with one attached hydrogen (secondary N) is 1. The van der Waals surface area contributed by atoms with Crippen molar-refractivity contribution < 1.29 is 4.79 Å². The van der Waals surface area contributed by atoms with Crippen LogP contribution in [0.15, 0.2) is 24.3 Å². The van der Waals surface area contributed by atoms with E-state index in [-0.39, 0.29) is 11.8 Å². The van der Waals surface area contributed by atoms with Gasteiger partial charge in [0.1, 0.15) is 0 Å². The molecule has 0 bridgehead atoms. The zero-order valence-corrected chi connectivity index (χ0v) is 10.3. The van der Waals surface area contributed by atoms with Gasteiger partial charge < -0.3 is 11.1 Å². The Bertz CT molecular complexity index is 397. The molecule has 1 unspecified atom stereocenters. The molecule has 0 spiro atoms. The fourth-order valence-corrected chi connectivity index (χ4v) is 2.40. The molecule has 2 rings (SSSR count). The highest BCUT2D eigenvalue weighted by atomic mass is 16.1. The molecule has 0 radical (unpaired) electrons. The van der Waals surface area contributed by atoms with Crippen molar-refractivity contribution in [3.05, 3.63) is 35.4 Å². The largest absolute Gasteiger partial charge is 0.369 e.